The molecule has 1 amide bonds. The lowest BCUT2D eigenvalue weighted by atomic mass is 10.0. The Morgan fingerprint density at radius 1 is 0.913 bits per heavy atom. The predicted molar refractivity (Wildman–Crippen MR) is 89.4 cm³/mol. The van der Waals surface area contributed by atoms with Gasteiger partial charge in [0.1, 0.15) is 5.76 Å². The molecule has 0 radical (unpaired) electrons. The van der Waals surface area contributed by atoms with E-state index in [9.17, 15) is 4.79 Å². The first-order valence-corrected chi connectivity index (χ1v) is 7.28. The Morgan fingerprint density at radius 2 is 1.48 bits per heavy atom. The lowest BCUT2D eigenvalue weighted by Gasteiger charge is -2.07. The van der Waals surface area contributed by atoms with Crippen LogP contribution in [0.1, 0.15) is 27.2 Å². The molecule has 0 unspecified atom stereocenters. The summed E-state index contributed by atoms with van der Waals surface area (Å²) in [6, 6.07) is 21.1. The number of aryl methyl sites for hydroxylation is 1. The van der Waals surface area contributed by atoms with Crippen LogP contribution in [0.25, 0.3) is 0 Å². The second kappa shape index (κ2) is 6.75. The van der Waals surface area contributed by atoms with Gasteiger partial charge in [0.15, 0.2) is 0 Å². The standard InChI is InChI=1S/C19H16N2O2/c1-14-17(12-13-23-14)19(22)21-20-18(15-8-4-2-5-9-15)16-10-6-3-7-11-16/h2-13H,1H3,(H,21,22). The van der Waals surface area contributed by atoms with Crippen LogP contribution in [0.3, 0.4) is 0 Å². The van der Waals surface area contributed by atoms with Gasteiger partial charge in [-0.1, -0.05) is 60.7 Å². The average Bonchev–Trinajstić information content (AvgIpc) is 3.03. The van der Waals surface area contributed by atoms with Crippen molar-refractivity contribution in [3.8, 4) is 0 Å². The van der Waals surface area contributed by atoms with Crippen molar-refractivity contribution < 1.29 is 9.21 Å². The zero-order valence-electron chi connectivity index (χ0n) is 12.7. The minimum Gasteiger partial charge on any atom is -0.469 e. The molecule has 0 spiro atoms. The normalized spacial score (nSPS) is 10.1. The topological polar surface area (TPSA) is 54.6 Å². The lowest BCUT2D eigenvalue weighted by Crippen LogP contribution is -2.20. The monoisotopic (exact) mass is 304 g/mol. The summed E-state index contributed by atoms with van der Waals surface area (Å²) in [6.45, 7) is 1.74. The van der Waals surface area contributed by atoms with E-state index < -0.39 is 0 Å². The highest BCUT2D eigenvalue weighted by molar-refractivity contribution is 6.13. The van der Waals surface area contributed by atoms with Crippen LogP contribution in [0.5, 0.6) is 0 Å². The summed E-state index contributed by atoms with van der Waals surface area (Å²) in [5, 5.41) is 4.34. The smallest absolute Gasteiger partial charge is 0.274 e. The highest BCUT2D eigenvalue weighted by Crippen LogP contribution is 2.11. The van der Waals surface area contributed by atoms with Crippen LogP contribution >= 0.6 is 0 Å². The van der Waals surface area contributed by atoms with Gasteiger partial charge >= 0.3 is 0 Å². The molecule has 1 N–H and O–H groups in total. The molecular formula is C19H16N2O2. The fraction of sp³-hybridized carbons (Fsp3) is 0.0526. The van der Waals surface area contributed by atoms with Crippen molar-refractivity contribution in [2.45, 2.75) is 6.92 Å². The number of rotatable bonds is 4. The molecule has 1 aromatic heterocycles. The maximum atomic E-state index is 12.2. The number of carbonyl (C=O) groups excluding carboxylic acids is 1. The third-order valence-corrected chi connectivity index (χ3v) is 3.47. The molecule has 3 aromatic rings. The Morgan fingerprint density at radius 3 is 1.96 bits per heavy atom. The van der Waals surface area contributed by atoms with Crippen molar-refractivity contribution in [1.82, 2.24) is 5.43 Å². The van der Waals surface area contributed by atoms with Crippen LogP contribution < -0.4 is 5.43 Å². The minimum atomic E-state index is -0.291. The average molecular weight is 304 g/mol. The Labute approximate surface area is 134 Å². The van der Waals surface area contributed by atoms with Gasteiger partial charge < -0.3 is 4.42 Å². The van der Waals surface area contributed by atoms with Crippen molar-refractivity contribution >= 4 is 11.6 Å². The molecule has 4 heteroatoms. The summed E-state index contributed by atoms with van der Waals surface area (Å²) in [6.07, 6.45) is 1.49. The number of furan rings is 1. The van der Waals surface area contributed by atoms with E-state index in [4.69, 9.17) is 4.42 Å². The molecule has 4 nitrogen and oxygen atoms in total. The molecule has 0 fully saturated rings. The number of benzene rings is 2. The van der Waals surface area contributed by atoms with Gasteiger partial charge in [0.05, 0.1) is 17.5 Å². The van der Waals surface area contributed by atoms with Crippen LogP contribution in [0, 0.1) is 6.92 Å². The summed E-state index contributed by atoms with van der Waals surface area (Å²) < 4.78 is 5.15. The Kier molecular flexibility index (Phi) is 4.34. The molecule has 0 aliphatic rings. The number of nitrogens with one attached hydrogen (secondary N) is 1. The number of hydrazone groups is 1. The van der Waals surface area contributed by atoms with E-state index in [1.807, 2.05) is 60.7 Å². The second-order valence-corrected chi connectivity index (χ2v) is 5.02. The minimum absolute atomic E-state index is 0.291. The fourth-order valence-electron chi connectivity index (χ4n) is 2.28. The molecule has 1 heterocycles. The highest BCUT2D eigenvalue weighted by Gasteiger charge is 2.12. The van der Waals surface area contributed by atoms with Crippen molar-refractivity contribution in [3.05, 3.63) is 95.4 Å². The molecule has 0 saturated heterocycles. The van der Waals surface area contributed by atoms with E-state index in [1.165, 1.54) is 6.26 Å². The van der Waals surface area contributed by atoms with Gasteiger partial charge in [0, 0.05) is 11.1 Å². The van der Waals surface area contributed by atoms with Gasteiger partial charge in [-0.3, -0.25) is 4.79 Å². The van der Waals surface area contributed by atoms with Crippen molar-refractivity contribution in [1.29, 1.82) is 0 Å². The van der Waals surface area contributed by atoms with Crippen LogP contribution in [-0.2, 0) is 0 Å². The molecule has 0 saturated carbocycles. The first-order chi connectivity index (χ1) is 11.3. The maximum absolute atomic E-state index is 12.2. The molecule has 23 heavy (non-hydrogen) atoms. The Balaban J connectivity index is 1.93. The molecule has 0 aliphatic heterocycles. The van der Waals surface area contributed by atoms with Gasteiger partial charge in [0.2, 0.25) is 0 Å². The van der Waals surface area contributed by atoms with Crippen LogP contribution in [0.2, 0.25) is 0 Å². The number of hydrogen-bond donors (Lipinski definition) is 1. The van der Waals surface area contributed by atoms with E-state index in [2.05, 4.69) is 10.5 Å². The largest absolute Gasteiger partial charge is 0.469 e. The fourth-order valence-corrected chi connectivity index (χ4v) is 2.28. The van der Waals surface area contributed by atoms with Gasteiger partial charge in [-0.2, -0.15) is 5.10 Å². The number of carbonyl (C=O) groups is 1. The van der Waals surface area contributed by atoms with E-state index in [0.29, 0.717) is 17.0 Å². The lowest BCUT2D eigenvalue weighted by molar-refractivity contribution is 0.0953. The molecule has 0 atom stereocenters. The number of nitrogens with zero attached hydrogens (tertiary/aromatic N) is 1. The van der Waals surface area contributed by atoms with E-state index in [1.54, 1.807) is 13.0 Å². The van der Waals surface area contributed by atoms with E-state index in [0.717, 1.165) is 11.1 Å². The third-order valence-electron chi connectivity index (χ3n) is 3.47. The highest BCUT2D eigenvalue weighted by atomic mass is 16.3. The quantitative estimate of drug-likeness (QED) is 0.589. The summed E-state index contributed by atoms with van der Waals surface area (Å²) in [4.78, 5) is 12.2. The van der Waals surface area contributed by atoms with Crippen LogP contribution in [0.15, 0.2) is 82.5 Å². The van der Waals surface area contributed by atoms with E-state index >= 15 is 0 Å². The first kappa shape index (κ1) is 14.8. The van der Waals surface area contributed by atoms with Gasteiger partial charge in [-0.25, -0.2) is 5.43 Å². The Hall–Kier alpha value is -3.14. The summed E-state index contributed by atoms with van der Waals surface area (Å²) in [7, 11) is 0. The van der Waals surface area contributed by atoms with Crippen molar-refractivity contribution in [3.63, 3.8) is 0 Å². The third kappa shape index (κ3) is 3.37. The molecule has 0 aliphatic carbocycles. The Bertz CT molecular complexity index is 779. The summed E-state index contributed by atoms with van der Waals surface area (Å²) in [5.74, 6) is 0.277. The molecule has 3 rings (SSSR count). The van der Waals surface area contributed by atoms with Crippen molar-refractivity contribution in [2.75, 3.05) is 0 Å². The second-order valence-electron chi connectivity index (χ2n) is 5.02. The first-order valence-electron chi connectivity index (χ1n) is 7.28. The zero-order chi connectivity index (χ0) is 16.1. The molecular weight excluding hydrogens is 288 g/mol. The molecule has 114 valence electrons. The van der Waals surface area contributed by atoms with Crippen LogP contribution in [0.4, 0.5) is 0 Å². The summed E-state index contributed by atoms with van der Waals surface area (Å²) >= 11 is 0. The molecule has 2 aromatic carbocycles. The van der Waals surface area contributed by atoms with Gasteiger partial charge in [-0.15, -0.1) is 0 Å². The van der Waals surface area contributed by atoms with E-state index in [-0.39, 0.29) is 5.91 Å². The van der Waals surface area contributed by atoms with Gasteiger partial charge in [0.25, 0.3) is 5.91 Å². The summed E-state index contributed by atoms with van der Waals surface area (Å²) in [5.41, 5.74) is 5.67. The predicted octanol–water partition coefficient (Wildman–Crippen LogP) is 3.77. The van der Waals surface area contributed by atoms with Crippen LogP contribution in [-0.4, -0.2) is 11.6 Å². The number of amides is 1. The van der Waals surface area contributed by atoms with Gasteiger partial charge in [-0.05, 0) is 13.0 Å². The SMILES string of the molecule is Cc1occc1C(=O)NN=C(c1ccccc1)c1ccccc1. The zero-order valence-corrected chi connectivity index (χ0v) is 12.7. The van der Waals surface area contributed by atoms with Crippen molar-refractivity contribution in [2.24, 2.45) is 5.10 Å². The molecule has 0 bridgehead atoms. The number of hydrogen-bond acceptors (Lipinski definition) is 3. The maximum Gasteiger partial charge on any atom is 0.274 e.